The average molecular weight is 443 g/mol. The van der Waals surface area contributed by atoms with Crippen LogP contribution < -0.4 is 20.1 Å². The SMILES string of the molecule is CCNC(=NCc1cc(OC)c(OC)cc1Br)NCCCN1CCOCC1. The van der Waals surface area contributed by atoms with E-state index in [1.165, 1.54) is 0 Å². The lowest BCUT2D eigenvalue weighted by molar-refractivity contribution is 0.0376. The van der Waals surface area contributed by atoms with Gasteiger partial charge in [0, 0.05) is 30.7 Å². The van der Waals surface area contributed by atoms with Crippen LogP contribution >= 0.6 is 15.9 Å². The van der Waals surface area contributed by atoms with Crippen molar-refractivity contribution >= 4 is 21.9 Å². The van der Waals surface area contributed by atoms with Crippen LogP contribution in [0.25, 0.3) is 0 Å². The number of nitrogens with one attached hydrogen (secondary N) is 2. The number of rotatable bonds is 9. The van der Waals surface area contributed by atoms with Crippen LogP contribution in [0.2, 0.25) is 0 Å². The number of aliphatic imine (C=N–C) groups is 1. The lowest BCUT2D eigenvalue weighted by Gasteiger charge is -2.26. The first-order valence-electron chi connectivity index (χ1n) is 9.40. The molecule has 152 valence electrons. The van der Waals surface area contributed by atoms with Gasteiger partial charge in [-0.05, 0) is 37.6 Å². The summed E-state index contributed by atoms with van der Waals surface area (Å²) in [5.74, 6) is 2.22. The Balaban J connectivity index is 1.88. The highest BCUT2D eigenvalue weighted by molar-refractivity contribution is 9.10. The Labute approximate surface area is 170 Å². The Morgan fingerprint density at radius 2 is 1.89 bits per heavy atom. The monoisotopic (exact) mass is 442 g/mol. The van der Waals surface area contributed by atoms with E-state index in [1.54, 1.807) is 14.2 Å². The van der Waals surface area contributed by atoms with Crippen molar-refractivity contribution in [2.75, 3.05) is 60.2 Å². The van der Waals surface area contributed by atoms with Crippen molar-refractivity contribution in [2.24, 2.45) is 4.99 Å². The van der Waals surface area contributed by atoms with Gasteiger partial charge in [-0.3, -0.25) is 4.90 Å². The van der Waals surface area contributed by atoms with Gasteiger partial charge in [0.05, 0.1) is 34.0 Å². The molecule has 0 aliphatic carbocycles. The van der Waals surface area contributed by atoms with E-state index in [-0.39, 0.29) is 0 Å². The minimum absolute atomic E-state index is 0.541. The molecule has 2 N–H and O–H groups in total. The number of ether oxygens (including phenoxy) is 3. The molecular formula is C19H31BrN4O3. The second kappa shape index (κ2) is 12.0. The molecule has 1 saturated heterocycles. The summed E-state index contributed by atoms with van der Waals surface area (Å²) in [5, 5.41) is 6.71. The Hall–Kier alpha value is -1.51. The first kappa shape index (κ1) is 21.8. The molecule has 1 aromatic rings. The third-order valence-electron chi connectivity index (χ3n) is 4.35. The maximum atomic E-state index is 5.38. The van der Waals surface area contributed by atoms with Gasteiger partial charge in [-0.25, -0.2) is 4.99 Å². The Morgan fingerprint density at radius 1 is 1.19 bits per heavy atom. The van der Waals surface area contributed by atoms with Crippen LogP contribution in [0.15, 0.2) is 21.6 Å². The van der Waals surface area contributed by atoms with E-state index >= 15 is 0 Å². The molecule has 0 aromatic heterocycles. The third kappa shape index (κ3) is 7.20. The number of benzene rings is 1. The quantitative estimate of drug-likeness (QED) is 0.347. The Kier molecular flexibility index (Phi) is 9.72. The van der Waals surface area contributed by atoms with Gasteiger partial charge in [-0.2, -0.15) is 0 Å². The van der Waals surface area contributed by atoms with Crippen molar-refractivity contribution < 1.29 is 14.2 Å². The predicted molar refractivity (Wildman–Crippen MR) is 112 cm³/mol. The van der Waals surface area contributed by atoms with Crippen molar-refractivity contribution in [1.29, 1.82) is 0 Å². The molecule has 0 unspecified atom stereocenters. The van der Waals surface area contributed by atoms with Crippen LogP contribution in [-0.2, 0) is 11.3 Å². The molecule has 1 aromatic carbocycles. The average Bonchev–Trinajstić information content (AvgIpc) is 2.70. The van der Waals surface area contributed by atoms with Gasteiger partial charge >= 0.3 is 0 Å². The highest BCUT2D eigenvalue weighted by atomic mass is 79.9. The normalized spacial score (nSPS) is 15.5. The molecule has 27 heavy (non-hydrogen) atoms. The molecule has 1 heterocycles. The second-order valence-electron chi connectivity index (χ2n) is 6.23. The molecule has 0 spiro atoms. The summed E-state index contributed by atoms with van der Waals surface area (Å²) in [7, 11) is 3.27. The van der Waals surface area contributed by atoms with E-state index in [1.807, 2.05) is 12.1 Å². The fourth-order valence-electron chi connectivity index (χ4n) is 2.86. The van der Waals surface area contributed by atoms with Gasteiger partial charge in [0.25, 0.3) is 0 Å². The van der Waals surface area contributed by atoms with Crippen LogP contribution in [0, 0.1) is 0 Å². The van der Waals surface area contributed by atoms with Gasteiger partial charge in [0.1, 0.15) is 0 Å². The smallest absolute Gasteiger partial charge is 0.191 e. The number of methoxy groups -OCH3 is 2. The summed E-state index contributed by atoms with van der Waals surface area (Å²) in [6.07, 6.45) is 1.07. The zero-order chi connectivity index (χ0) is 19.5. The van der Waals surface area contributed by atoms with E-state index in [4.69, 9.17) is 19.2 Å². The van der Waals surface area contributed by atoms with Crippen LogP contribution in [-0.4, -0.2) is 71.0 Å². The van der Waals surface area contributed by atoms with Gasteiger partial charge < -0.3 is 24.8 Å². The van der Waals surface area contributed by atoms with Crippen molar-refractivity contribution in [3.8, 4) is 11.5 Å². The molecular weight excluding hydrogens is 412 g/mol. The fraction of sp³-hybridized carbons (Fsp3) is 0.632. The van der Waals surface area contributed by atoms with Gasteiger partial charge in [-0.1, -0.05) is 15.9 Å². The molecule has 7 nitrogen and oxygen atoms in total. The first-order chi connectivity index (χ1) is 13.2. The second-order valence-corrected chi connectivity index (χ2v) is 7.08. The summed E-state index contributed by atoms with van der Waals surface area (Å²) in [5.41, 5.74) is 1.04. The number of morpholine rings is 1. The van der Waals surface area contributed by atoms with Gasteiger partial charge in [0.2, 0.25) is 0 Å². The van der Waals surface area contributed by atoms with Crippen molar-refractivity contribution in [3.63, 3.8) is 0 Å². The van der Waals surface area contributed by atoms with Crippen LogP contribution in [0.4, 0.5) is 0 Å². The number of hydrogen-bond donors (Lipinski definition) is 2. The molecule has 0 saturated carbocycles. The zero-order valence-corrected chi connectivity index (χ0v) is 18.1. The van der Waals surface area contributed by atoms with Gasteiger partial charge in [-0.15, -0.1) is 0 Å². The molecule has 0 radical (unpaired) electrons. The molecule has 1 fully saturated rings. The van der Waals surface area contributed by atoms with E-state index in [0.29, 0.717) is 18.0 Å². The summed E-state index contributed by atoms with van der Waals surface area (Å²) >= 11 is 3.59. The molecule has 8 heteroatoms. The largest absolute Gasteiger partial charge is 0.493 e. The minimum atomic E-state index is 0.541. The predicted octanol–water partition coefficient (Wildman–Crippen LogP) is 2.24. The number of guanidine groups is 1. The molecule has 0 atom stereocenters. The molecule has 2 rings (SSSR count). The van der Waals surface area contributed by atoms with Crippen molar-refractivity contribution in [2.45, 2.75) is 19.9 Å². The summed E-state index contributed by atoms with van der Waals surface area (Å²) in [6, 6.07) is 3.86. The molecule has 0 bridgehead atoms. The van der Waals surface area contributed by atoms with Crippen LogP contribution in [0.1, 0.15) is 18.9 Å². The number of hydrogen-bond acceptors (Lipinski definition) is 5. The van der Waals surface area contributed by atoms with E-state index in [9.17, 15) is 0 Å². The lowest BCUT2D eigenvalue weighted by Crippen LogP contribution is -2.40. The van der Waals surface area contributed by atoms with Crippen molar-refractivity contribution in [3.05, 3.63) is 22.2 Å². The van der Waals surface area contributed by atoms with Gasteiger partial charge in [0.15, 0.2) is 17.5 Å². The fourth-order valence-corrected chi connectivity index (χ4v) is 3.31. The zero-order valence-electron chi connectivity index (χ0n) is 16.5. The molecule has 1 aliphatic heterocycles. The lowest BCUT2D eigenvalue weighted by atomic mass is 10.2. The molecule has 1 aliphatic rings. The Bertz CT molecular complexity index is 607. The molecule has 0 amide bonds. The summed E-state index contributed by atoms with van der Waals surface area (Å²) < 4.78 is 17.0. The standard InChI is InChI=1S/C19H31BrN4O3/c1-4-21-19(22-6-5-7-24-8-10-27-11-9-24)23-14-15-12-17(25-2)18(26-3)13-16(15)20/h12-13H,4-11,14H2,1-3H3,(H2,21,22,23). The summed E-state index contributed by atoms with van der Waals surface area (Å²) in [6.45, 7) is 9.14. The topological polar surface area (TPSA) is 67.4 Å². The highest BCUT2D eigenvalue weighted by Crippen LogP contribution is 2.33. The van der Waals surface area contributed by atoms with Crippen molar-refractivity contribution in [1.82, 2.24) is 15.5 Å². The Morgan fingerprint density at radius 3 is 2.56 bits per heavy atom. The number of nitrogens with zero attached hydrogens (tertiary/aromatic N) is 2. The van der Waals surface area contributed by atoms with Crippen LogP contribution in [0.5, 0.6) is 11.5 Å². The van der Waals surface area contributed by atoms with E-state index in [2.05, 4.69) is 38.4 Å². The number of halogens is 1. The van der Waals surface area contributed by atoms with Crippen LogP contribution in [0.3, 0.4) is 0 Å². The first-order valence-corrected chi connectivity index (χ1v) is 10.2. The minimum Gasteiger partial charge on any atom is -0.493 e. The third-order valence-corrected chi connectivity index (χ3v) is 5.09. The maximum Gasteiger partial charge on any atom is 0.191 e. The highest BCUT2D eigenvalue weighted by Gasteiger charge is 2.11. The van der Waals surface area contributed by atoms with E-state index in [0.717, 1.165) is 68.4 Å². The maximum absolute atomic E-state index is 5.38. The summed E-state index contributed by atoms with van der Waals surface area (Å²) in [4.78, 5) is 7.13. The van der Waals surface area contributed by atoms with E-state index < -0.39 is 0 Å².